The van der Waals surface area contributed by atoms with Gasteiger partial charge in [0.15, 0.2) is 5.11 Å². The third kappa shape index (κ3) is 6.11. The molecule has 156 valence electrons. The van der Waals surface area contributed by atoms with Gasteiger partial charge in [0, 0.05) is 11.6 Å². The number of amides is 1. The van der Waals surface area contributed by atoms with Crippen molar-refractivity contribution in [3.8, 4) is 0 Å². The number of ether oxygens (including phenoxy) is 1. The maximum absolute atomic E-state index is 12.5. The Morgan fingerprint density at radius 1 is 1.17 bits per heavy atom. The molecule has 2 aliphatic heterocycles. The minimum Gasteiger partial charge on any atom is -0.462 e. The maximum atomic E-state index is 12.5. The van der Waals surface area contributed by atoms with E-state index >= 15 is 0 Å². The van der Waals surface area contributed by atoms with Gasteiger partial charge in [-0.15, -0.1) is 0 Å². The van der Waals surface area contributed by atoms with Crippen molar-refractivity contribution in [1.82, 2.24) is 5.32 Å². The first-order valence-electron chi connectivity index (χ1n) is 10.4. The Kier molecular flexibility index (Phi) is 7.77. The van der Waals surface area contributed by atoms with Crippen molar-refractivity contribution in [2.45, 2.75) is 45.1 Å². The molecule has 1 aromatic rings. The first-order valence-corrected chi connectivity index (χ1v) is 10.8. The summed E-state index contributed by atoms with van der Waals surface area (Å²) in [6, 6.07) is 7.56. The molecule has 2 saturated heterocycles. The smallest absolute Gasteiger partial charge is 0.338 e. The molecule has 0 saturated carbocycles. The molecule has 7 heteroatoms. The van der Waals surface area contributed by atoms with E-state index in [2.05, 4.69) is 10.6 Å². The number of hydrogen-bond donors (Lipinski definition) is 3. The van der Waals surface area contributed by atoms with Crippen LogP contribution in [-0.2, 0) is 9.53 Å². The van der Waals surface area contributed by atoms with E-state index in [9.17, 15) is 9.59 Å². The van der Waals surface area contributed by atoms with Gasteiger partial charge in [-0.3, -0.25) is 10.1 Å². The second-order valence-corrected chi connectivity index (χ2v) is 8.19. The zero-order valence-corrected chi connectivity index (χ0v) is 17.7. The van der Waals surface area contributed by atoms with Crippen LogP contribution in [-0.4, -0.2) is 42.7 Å². The van der Waals surface area contributed by atoms with Gasteiger partial charge in [-0.2, -0.15) is 0 Å². The number of piperidine rings is 2. The van der Waals surface area contributed by atoms with Gasteiger partial charge >= 0.3 is 5.97 Å². The fourth-order valence-electron chi connectivity index (χ4n) is 4.40. The first kappa shape index (κ1) is 21.5. The Labute approximate surface area is 177 Å². The highest BCUT2D eigenvalue weighted by Gasteiger charge is 2.37. The van der Waals surface area contributed by atoms with Gasteiger partial charge < -0.3 is 15.0 Å². The zero-order valence-electron chi connectivity index (χ0n) is 16.9. The van der Waals surface area contributed by atoms with Gasteiger partial charge in [-0.1, -0.05) is 6.08 Å². The molecular formula is C22H30N3O3S+. The van der Waals surface area contributed by atoms with E-state index < -0.39 is 0 Å². The molecule has 3 N–H and O–H groups in total. The Hall–Kier alpha value is -2.25. The van der Waals surface area contributed by atoms with Crippen LogP contribution >= 0.6 is 12.2 Å². The van der Waals surface area contributed by atoms with E-state index in [0.29, 0.717) is 29.8 Å². The molecule has 0 spiro atoms. The number of hydrogen-bond acceptors (Lipinski definition) is 4. The number of carbonyl (C=O) groups is 2. The summed E-state index contributed by atoms with van der Waals surface area (Å²) >= 11 is 5.10. The molecule has 0 radical (unpaired) electrons. The Balaban J connectivity index is 1.48. The van der Waals surface area contributed by atoms with Crippen molar-refractivity contribution < 1.29 is 19.2 Å². The van der Waals surface area contributed by atoms with Gasteiger partial charge in [0.1, 0.15) is 6.61 Å². The minimum absolute atomic E-state index is 0.209. The number of carbonyl (C=O) groups excluding carboxylic acids is 2. The molecule has 6 nitrogen and oxygen atoms in total. The zero-order chi connectivity index (χ0) is 20.6. The van der Waals surface area contributed by atoms with E-state index in [4.69, 9.17) is 17.0 Å². The summed E-state index contributed by atoms with van der Waals surface area (Å²) in [5, 5.41) is 5.68. The van der Waals surface area contributed by atoms with E-state index in [0.717, 1.165) is 6.42 Å². The second kappa shape index (κ2) is 10.5. The SMILES string of the molecule is C/C=C/C(=O)NC(=S)Nc1ccc(C(=O)OC[C@@H]2CCC[NH+]3CCCC[C@@H]23)cc1. The van der Waals surface area contributed by atoms with Crippen molar-refractivity contribution in [3.05, 3.63) is 42.0 Å². The lowest BCUT2D eigenvalue weighted by molar-refractivity contribution is -0.940. The fourth-order valence-corrected chi connectivity index (χ4v) is 4.62. The Morgan fingerprint density at radius 2 is 1.93 bits per heavy atom. The van der Waals surface area contributed by atoms with Crippen molar-refractivity contribution in [2.24, 2.45) is 5.92 Å². The van der Waals surface area contributed by atoms with Crippen LogP contribution in [0.1, 0.15) is 49.4 Å². The highest BCUT2D eigenvalue weighted by molar-refractivity contribution is 7.80. The lowest BCUT2D eigenvalue weighted by atomic mass is 9.84. The van der Waals surface area contributed by atoms with Gasteiger partial charge in [0.05, 0.1) is 24.7 Å². The molecule has 0 aliphatic carbocycles. The van der Waals surface area contributed by atoms with Crippen LogP contribution in [0.3, 0.4) is 0 Å². The van der Waals surface area contributed by atoms with E-state index in [-0.39, 0.29) is 17.0 Å². The predicted octanol–water partition coefficient (Wildman–Crippen LogP) is 2.08. The molecular weight excluding hydrogens is 386 g/mol. The van der Waals surface area contributed by atoms with Gasteiger partial charge in [-0.05, 0) is 81.6 Å². The van der Waals surface area contributed by atoms with Gasteiger partial charge in [0.2, 0.25) is 5.91 Å². The normalized spacial score (nSPS) is 23.8. The van der Waals surface area contributed by atoms with Crippen LogP contribution in [0.2, 0.25) is 0 Å². The van der Waals surface area contributed by atoms with Crippen molar-refractivity contribution in [1.29, 1.82) is 0 Å². The monoisotopic (exact) mass is 416 g/mol. The maximum Gasteiger partial charge on any atom is 0.338 e. The van der Waals surface area contributed by atoms with Crippen LogP contribution in [0, 0.1) is 5.92 Å². The number of allylic oxidation sites excluding steroid dienone is 1. The quantitative estimate of drug-likeness (QED) is 0.389. The molecule has 2 aliphatic rings. The van der Waals surface area contributed by atoms with Crippen molar-refractivity contribution in [2.75, 3.05) is 25.0 Å². The largest absolute Gasteiger partial charge is 0.462 e. The fraction of sp³-hybridized carbons (Fsp3) is 0.500. The second-order valence-electron chi connectivity index (χ2n) is 7.78. The molecule has 0 bridgehead atoms. The topological polar surface area (TPSA) is 71.9 Å². The standard InChI is InChI=1S/C22H29N3O3S/c1-2-6-20(26)24-22(29)23-18-11-9-16(10-12-18)21(27)28-15-17-7-5-14-25-13-4-3-8-19(17)25/h2,6,9-12,17,19H,3-5,7-8,13-15H2,1H3,(H2,23,24,26,29)/p+1/b6-2+/t17-,19-/m0/s1. The van der Waals surface area contributed by atoms with Crippen LogP contribution in [0.4, 0.5) is 5.69 Å². The molecule has 0 aromatic heterocycles. The number of rotatable bonds is 5. The first-order chi connectivity index (χ1) is 14.1. The summed E-state index contributed by atoms with van der Waals surface area (Å²) in [6.07, 6.45) is 9.28. The molecule has 2 fully saturated rings. The Bertz CT molecular complexity index is 761. The minimum atomic E-state index is -0.288. The summed E-state index contributed by atoms with van der Waals surface area (Å²) in [5.74, 6) is -0.100. The number of thiocarbonyl (C=S) groups is 1. The molecule has 1 amide bonds. The summed E-state index contributed by atoms with van der Waals surface area (Å²) in [7, 11) is 0. The number of fused-ring (bicyclic) bond motifs is 1. The van der Waals surface area contributed by atoms with Crippen LogP contribution < -0.4 is 15.5 Å². The van der Waals surface area contributed by atoms with Crippen molar-refractivity contribution in [3.63, 3.8) is 0 Å². The summed E-state index contributed by atoms with van der Waals surface area (Å²) in [6.45, 7) is 4.80. The molecule has 1 aromatic carbocycles. The van der Waals surface area contributed by atoms with Gasteiger partial charge in [0.25, 0.3) is 0 Å². The number of quaternary nitrogens is 1. The number of esters is 1. The van der Waals surface area contributed by atoms with Gasteiger partial charge in [-0.25, -0.2) is 4.79 Å². The highest BCUT2D eigenvalue weighted by atomic mass is 32.1. The summed E-state index contributed by atoms with van der Waals surface area (Å²) < 4.78 is 5.65. The predicted molar refractivity (Wildman–Crippen MR) is 117 cm³/mol. The van der Waals surface area contributed by atoms with E-state index in [1.54, 1.807) is 42.2 Å². The molecule has 3 rings (SSSR count). The molecule has 1 unspecified atom stereocenters. The number of benzene rings is 1. The summed E-state index contributed by atoms with van der Waals surface area (Å²) in [5.41, 5.74) is 1.21. The van der Waals surface area contributed by atoms with E-state index in [1.807, 2.05) is 0 Å². The number of nitrogens with one attached hydrogen (secondary N) is 3. The molecule has 2 heterocycles. The van der Waals surface area contributed by atoms with Crippen LogP contribution in [0.5, 0.6) is 0 Å². The lowest BCUT2D eigenvalue weighted by Crippen LogP contribution is -3.18. The van der Waals surface area contributed by atoms with Crippen molar-refractivity contribution >= 4 is 34.9 Å². The third-order valence-electron chi connectivity index (χ3n) is 5.79. The third-order valence-corrected chi connectivity index (χ3v) is 6.00. The Morgan fingerprint density at radius 3 is 2.69 bits per heavy atom. The van der Waals surface area contributed by atoms with Crippen LogP contribution in [0.15, 0.2) is 36.4 Å². The average Bonchev–Trinajstić information content (AvgIpc) is 2.72. The molecule has 3 atom stereocenters. The molecule has 29 heavy (non-hydrogen) atoms. The van der Waals surface area contributed by atoms with E-state index in [1.165, 1.54) is 44.8 Å². The van der Waals surface area contributed by atoms with Crippen LogP contribution in [0.25, 0.3) is 0 Å². The average molecular weight is 417 g/mol. The number of anilines is 1. The lowest BCUT2D eigenvalue weighted by Gasteiger charge is -2.40. The highest BCUT2D eigenvalue weighted by Crippen LogP contribution is 2.21. The summed E-state index contributed by atoms with van der Waals surface area (Å²) in [4.78, 5) is 25.7.